The molecule has 128 valence electrons. The number of amides is 2. The lowest BCUT2D eigenvalue weighted by atomic mass is 10.1. The third kappa shape index (κ3) is 7.25. The molecule has 6 nitrogen and oxygen atoms in total. The lowest BCUT2D eigenvalue weighted by Crippen LogP contribution is -2.48. The highest BCUT2D eigenvalue weighted by atomic mass is 16.2. The van der Waals surface area contributed by atoms with E-state index in [1.54, 1.807) is 21.0 Å². The van der Waals surface area contributed by atoms with E-state index < -0.39 is 6.04 Å². The molecule has 0 radical (unpaired) electrons. The van der Waals surface area contributed by atoms with Crippen molar-refractivity contribution in [3.8, 4) is 0 Å². The second-order valence-corrected chi connectivity index (χ2v) is 5.82. The van der Waals surface area contributed by atoms with Crippen LogP contribution in [0.1, 0.15) is 12.5 Å². The first-order valence-electron chi connectivity index (χ1n) is 7.91. The van der Waals surface area contributed by atoms with Crippen LogP contribution in [0, 0.1) is 0 Å². The molecule has 0 aliphatic carbocycles. The van der Waals surface area contributed by atoms with Gasteiger partial charge in [-0.1, -0.05) is 30.3 Å². The second kappa shape index (κ2) is 9.97. The number of nitrogens with one attached hydrogen (secondary N) is 1. The highest BCUT2D eigenvalue weighted by Crippen LogP contribution is 2.01. The number of nitrogens with zero attached hydrogens (tertiary/aromatic N) is 2. The minimum atomic E-state index is -0.522. The first-order chi connectivity index (χ1) is 10.9. The van der Waals surface area contributed by atoms with Gasteiger partial charge in [0.25, 0.3) is 0 Å². The van der Waals surface area contributed by atoms with E-state index in [4.69, 9.17) is 5.73 Å². The summed E-state index contributed by atoms with van der Waals surface area (Å²) < 4.78 is 0. The average Bonchev–Trinajstić information content (AvgIpc) is 2.52. The van der Waals surface area contributed by atoms with Crippen molar-refractivity contribution in [1.82, 2.24) is 15.1 Å². The molecule has 6 heteroatoms. The highest BCUT2D eigenvalue weighted by molar-refractivity contribution is 5.87. The topological polar surface area (TPSA) is 78.7 Å². The summed E-state index contributed by atoms with van der Waals surface area (Å²) in [7, 11) is 3.34. The lowest BCUT2D eigenvalue weighted by Gasteiger charge is -2.23. The Hall–Kier alpha value is -1.92. The molecule has 1 unspecified atom stereocenters. The summed E-state index contributed by atoms with van der Waals surface area (Å²) in [6, 6.07) is 9.61. The maximum Gasteiger partial charge on any atom is 0.244 e. The fourth-order valence-electron chi connectivity index (χ4n) is 2.32. The molecule has 1 rings (SSSR count). The summed E-state index contributed by atoms with van der Waals surface area (Å²) in [5, 5.41) is 2.74. The van der Waals surface area contributed by atoms with Crippen molar-refractivity contribution in [2.75, 3.05) is 40.3 Å². The van der Waals surface area contributed by atoms with Crippen LogP contribution >= 0.6 is 0 Å². The van der Waals surface area contributed by atoms with Gasteiger partial charge in [0.05, 0.1) is 6.54 Å². The zero-order valence-corrected chi connectivity index (χ0v) is 14.3. The maximum atomic E-state index is 12.1. The Balaban J connectivity index is 2.48. The minimum Gasteiger partial charge on any atom is -0.347 e. The molecule has 0 saturated heterocycles. The SMILES string of the molecule is CC(NC(=O)CN(CCN)CCc1ccccc1)C(=O)N(C)C. The Morgan fingerprint density at radius 1 is 1.17 bits per heavy atom. The van der Waals surface area contributed by atoms with Gasteiger partial charge in [-0.25, -0.2) is 0 Å². The standard InChI is InChI=1S/C17H28N4O2/c1-14(17(23)20(2)3)19-16(22)13-21(12-10-18)11-9-15-7-5-4-6-8-15/h4-8,14H,9-13,18H2,1-3H3,(H,19,22). The number of nitrogens with two attached hydrogens (primary N) is 1. The molecule has 0 aliphatic rings. The van der Waals surface area contributed by atoms with Crippen molar-refractivity contribution in [2.45, 2.75) is 19.4 Å². The minimum absolute atomic E-state index is 0.118. The van der Waals surface area contributed by atoms with E-state index in [1.807, 2.05) is 23.1 Å². The predicted molar refractivity (Wildman–Crippen MR) is 91.9 cm³/mol. The highest BCUT2D eigenvalue weighted by Gasteiger charge is 2.18. The number of carbonyl (C=O) groups excluding carboxylic acids is 2. The molecule has 1 atom stereocenters. The van der Waals surface area contributed by atoms with Gasteiger partial charge in [-0.05, 0) is 18.9 Å². The Labute approximate surface area is 138 Å². The van der Waals surface area contributed by atoms with Crippen LogP contribution in [0.2, 0.25) is 0 Å². The Morgan fingerprint density at radius 2 is 1.83 bits per heavy atom. The fourth-order valence-corrected chi connectivity index (χ4v) is 2.32. The molecule has 0 spiro atoms. The van der Waals surface area contributed by atoms with Crippen LogP contribution < -0.4 is 11.1 Å². The summed E-state index contributed by atoms with van der Waals surface area (Å²) >= 11 is 0. The maximum absolute atomic E-state index is 12.1. The first kappa shape index (κ1) is 19.1. The van der Waals surface area contributed by atoms with Gasteiger partial charge in [0.2, 0.25) is 11.8 Å². The van der Waals surface area contributed by atoms with Crippen LogP contribution in [-0.2, 0) is 16.0 Å². The van der Waals surface area contributed by atoms with Crippen LogP contribution in [0.15, 0.2) is 30.3 Å². The molecule has 0 aliphatic heterocycles. The van der Waals surface area contributed by atoms with E-state index in [1.165, 1.54) is 10.5 Å². The van der Waals surface area contributed by atoms with Gasteiger partial charge in [-0.2, -0.15) is 0 Å². The molecule has 23 heavy (non-hydrogen) atoms. The smallest absolute Gasteiger partial charge is 0.244 e. The molecule has 1 aromatic carbocycles. The predicted octanol–water partition coefficient (Wildman–Crippen LogP) is 0.0827. The van der Waals surface area contributed by atoms with Crippen LogP contribution in [0.3, 0.4) is 0 Å². The summed E-state index contributed by atoms with van der Waals surface area (Å²) in [5.41, 5.74) is 6.86. The molecule has 0 saturated carbocycles. The van der Waals surface area contributed by atoms with Crippen LogP contribution in [0.25, 0.3) is 0 Å². The summed E-state index contributed by atoms with van der Waals surface area (Å²) in [5.74, 6) is -0.276. The molecular formula is C17H28N4O2. The first-order valence-corrected chi connectivity index (χ1v) is 7.91. The number of benzene rings is 1. The van der Waals surface area contributed by atoms with E-state index in [0.717, 1.165) is 13.0 Å². The van der Waals surface area contributed by atoms with Gasteiger partial charge in [-0.15, -0.1) is 0 Å². The third-order valence-electron chi connectivity index (χ3n) is 3.56. The molecule has 1 aromatic rings. The van der Waals surface area contributed by atoms with Crippen LogP contribution in [0.5, 0.6) is 0 Å². The number of hydrogen-bond acceptors (Lipinski definition) is 4. The van der Waals surface area contributed by atoms with Crippen molar-refractivity contribution in [1.29, 1.82) is 0 Å². The summed E-state index contributed by atoms with van der Waals surface area (Å²) in [6.07, 6.45) is 0.861. The van der Waals surface area contributed by atoms with Crippen LogP contribution in [0.4, 0.5) is 0 Å². The van der Waals surface area contributed by atoms with E-state index >= 15 is 0 Å². The number of likely N-dealkylation sites (N-methyl/N-ethyl adjacent to an activating group) is 1. The zero-order chi connectivity index (χ0) is 17.2. The molecule has 0 heterocycles. The largest absolute Gasteiger partial charge is 0.347 e. The van der Waals surface area contributed by atoms with Crippen molar-refractivity contribution in [3.05, 3.63) is 35.9 Å². The molecule has 2 amide bonds. The normalized spacial score (nSPS) is 12.0. The van der Waals surface area contributed by atoms with Crippen molar-refractivity contribution < 1.29 is 9.59 Å². The molecule has 0 fully saturated rings. The van der Waals surface area contributed by atoms with Gasteiger partial charge in [-0.3, -0.25) is 14.5 Å². The van der Waals surface area contributed by atoms with Crippen LogP contribution in [-0.4, -0.2) is 67.9 Å². The number of carbonyl (C=O) groups is 2. The molecular weight excluding hydrogens is 292 g/mol. The van der Waals surface area contributed by atoms with Gasteiger partial charge >= 0.3 is 0 Å². The molecule has 0 bridgehead atoms. The van der Waals surface area contributed by atoms with E-state index in [0.29, 0.717) is 13.1 Å². The second-order valence-electron chi connectivity index (χ2n) is 5.82. The third-order valence-corrected chi connectivity index (χ3v) is 3.56. The van der Waals surface area contributed by atoms with Gasteiger partial charge < -0.3 is 16.0 Å². The number of hydrogen-bond donors (Lipinski definition) is 2. The van der Waals surface area contributed by atoms with Crippen molar-refractivity contribution >= 4 is 11.8 Å². The zero-order valence-electron chi connectivity index (χ0n) is 14.3. The monoisotopic (exact) mass is 320 g/mol. The fraction of sp³-hybridized carbons (Fsp3) is 0.529. The van der Waals surface area contributed by atoms with E-state index in [2.05, 4.69) is 17.4 Å². The van der Waals surface area contributed by atoms with Crippen molar-refractivity contribution in [2.24, 2.45) is 5.73 Å². The van der Waals surface area contributed by atoms with E-state index in [-0.39, 0.29) is 18.4 Å². The van der Waals surface area contributed by atoms with E-state index in [9.17, 15) is 9.59 Å². The average molecular weight is 320 g/mol. The summed E-state index contributed by atoms with van der Waals surface area (Å²) in [6.45, 7) is 3.84. The Kier molecular flexibility index (Phi) is 8.29. The summed E-state index contributed by atoms with van der Waals surface area (Å²) in [4.78, 5) is 27.4. The van der Waals surface area contributed by atoms with Crippen molar-refractivity contribution in [3.63, 3.8) is 0 Å². The van der Waals surface area contributed by atoms with Gasteiger partial charge in [0.1, 0.15) is 6.04 Å². The Bertz CT molecular complexity index is 491. The lowest BCUT2D eigenvalue weighted by molar-refractivity contribution is -0.134. The molecule has 3 N–H and O–H groups in total. The number of rotatable bonds is 9. The van der Waals surface area contributed by atoms with Gasteiger partial charge in [0, 0.05) is 33.7 Å². The van der Waals surface area contributed by atoms with Gasteiger partial charge in [0.15, 0.2) is 0 Å². The quantitative estimate of drug-likeness (QED) is 0.675. The Morgan fingerprint density at radius 3 is 2.39 bits per heavy atom. The molecule has 0 aromatic heterocycles.